The third-order valence-corrected chi connectivity index (χ3v) is 5.79. The highest BCUT2D eigenvalue weighted by Gasteiger charge is 2.15. The summed E-state index contributed by atoms with van der Waals surface area (Å²) in [5, 5.41) is 4.70. The third-order valence-electron chi connectivity index (χ3n) is 4.80. The standard InChI is InChI=1S/C22H24N4O3S/c1-28-17-8-6-16(7-9-17)23-21(27)15-30-22-18-4-2-3-5-19(18)24-20(25-22)14-26-10-12-29-13-11-26/h2-9H,10-15H2,1H3,(H,23,27). The molecule has 156 valence electrons. The zero-order chi connectivity index (χ0) is 20.8. The van der Waals surface area contributed by atoms with Gasteiger partial charge in [0, 0.05) is 24.2 Å². The number of morpholine rings is 1. The monoisotopic (exact) mass is 424 g/mol. The van der Waals surface area contributed by atoms with Crippen LogP contribution in [0.3, 0.4) is 0 Å². The van der Waals surface area contributed by atoms with E-state index in [0.717, 1.165) is 59.5 Å². The molecule has 1 amide bonds. The molecule has 1 saturated heterocycles. The molecule has 1 N–H and O–H groups in total. The highest BCUT2D eigenvalue weighted by atomic mass is 32.2. The minimum atomic E-state index is -0.0809. The van der Waals surface area contributed by atoms with Gasteiger partial charge in [-0.1, -0.05) is 30.0 Å². The van der Waals surface area contributed by atoms with Crippen molar-refractivity contribution in [1.29, 1.82) is 0 Å². The number of para-hydroxylation sites is 1. The molecule has 0 atom stereocenters. The number of amides is 1. The number of ether oxygens (including phenoxy) is 2. The van der Waals surface area contributed by atoms with Gasteiger partial charge < -0.3 is 14.8 Å². The van der Waals surface area contributed by atoms with E-state index in [1.807, 2.05) is 48.5 Å². The molecule has 0 spiro atoms. The lowest BCUT2D eigenvalue weighted by Gasteiger charge is -2.25. The van der Waals surface area contributed by atoms with Crippen LogP contribution in [0.2, 0.25) is 0 Å². The number of fused-ring (bicyclic) bond motifs is 1. The molecule has 1 aromatic heterocycles. The number of hydrogen-bond donors (Lipinski definition) is 1. The second kappa shape index (κ2) is 9.88. The van der Waals surface area contributed by atoms with Crippen molar-refractivity contribution in [2.24, 2.45) is 0 Å². The lowest BCUT2D eigenvalue weighted by Crippen LogP contribution is -2.36. The molecule has 2 heterocycles. The van der Waals surface area contributed by atoms with E-state index in [9.17, 15) is 4.79 Å². The Balaban J connectivity index is 1.45. The van der Waals surface area contributed by atoms with Crippen molar-refractivity contribution in [3.63, 3.8) is 0 Å². The van der Waals surface area contributed by atoms with Crippen LogP contribution in [0, 0.1) is 0 Å². The topological polar surface area (TPSA) is 76.6 Å². The molecule has 0 bridgehead atoms. The van der Waals surface area contributed by atoms with E-state index in [2.05, 4.69) is 10.2 Å². The predicted octanol–water partition coefficient (Wildman–Crippen LogP) is 3.20. The van der Waals surface area contributed by atoms with Crippen LogP contribution in [0.4, 0.5) is 5.69 Å². The number of benzene rings is 2. The van der Waals surface area contributed by atoms with E-state index in [-0.39, 0.29) is 11.7 Å². The summed E-state index contributed by atoms with van der Waals surface area (Å²) in [5.74, 6) is 1.71. The van der Waals surface area contributed by atoms with Crippen LogP contribution in [-0.2, 0) is 16.1 Å². The van der Waals surface area contributed by atoms with Gasteiger partial charge in [0.2, 0.25) is 5.91 Å². The van der Waals surface area contributed by atoms with Gasteiger partial charge in [-0.25, -0.2) is 9.97 Å². The summed E-state index contributed by atoms with van der Waals surface area (Å²) in [7, 11) is 1.61. The number of carbonyl (C=O) groups is 1. The SMILES string of the molecule is COc1ccc(NC(=O)CSc2nc(CN3CCOCC3)nc3ccccc23)cc1. The van der Waals surface area contributed by atoms with Gasteiger partial charge in [0.05, 0.1) is 38.1 Å². The Labute approximate surface area is 179 Å². The molecule has 4 rings (SSSR count). The molecule has 8 heteroatoms. The number of rotatable bonds is 7. The quantitative estimate of drug-likeness (QED) is 0.461. The van der Waals surface area contributed by atoms with Gasteiger partial charge >= 0.3 is 0 Å². The van der Waals surface area contributed by atoms with Crippen molar-refractivity contribution < 1.29 is 14.3 Å². The number of anilines is 1. The molecule has 0 unspecified atom stereocenters. The largest absolute Gasteiger partial charge is 0.497 e. The predicted molar refractivity (Wildman–Crippen MR) is 118 cm³/mol. The van der Waals surface area contributed by atoms with Crippen LogP contribution >= 0.6 is 11.8 Å². The number of hydrogen-bond acceptors (Lipinski definition) is 7. The fraction of sp³-hybridized carbons (Fsp3) is 0.318. The first kappa shape index (κ1) is 20.6. The lowest BCUT2D eigenvalue weighted by molar-refractivity contribution is -0.113. The number of thioether (sulfide) groups is 1. The maximum absolute atomic E-state index is 12.4. The molecule has 0 aliphatic carbocycles. The maximum atomic E-state index is 12.4. The maximum Gasteiger partial charge on any atom is 0.234 e. The van der Waals surface area contributed by atoms with Gasteiger partial charge in [0.25, 0.3) is 0 Å². The van der Waals surface area contributed by atoms with Crippen LogP contribution in [0.5, 0.6) is 5.75 Å². The van der Waals surface area contributed by atoms with Crippen molar-refractivity contribution >= 4 is 34.3 Å². The molecule has 1 aliphatic rings. The van der Waals surface area contributed by atoms with Gasteiger partial charge in [0.15, 0.2) is 0 Å². The van der Waals surface area contributed by atoms with Gasteiger partial charge in [0.1, 0.15) is 16.6 Å². The zero-order valence-electron chi connectivity index (χ0n) is 16.8. The Bertz CT molecular complexity index is 1010. The normalized spacial score (nSPS) is 14.6. The van der Waals surface area contributed by atoms with E-state index in [1.165, 1.54) is 11.8 Å². The summed E-state index contributed by atoms with van der Waals surface area (Å²) < 4.78 is 10.6. The van der Waals surface area contributed by atoms with Crippen molar-refractivity contribution in [2.75, 3.05) is 44.5 Å². The minimum Gasteiger partial charge on any atom is -0.497 e. The second-order valence-electron chi connectivity index (χ2n) is 6.92. The molecular weight excluding hydrogens is 400 g/mol. The molecule has 1 fully saturated rings. The van der Waals surface area contributed by atoms with Crippen LogP contribution in [0.1, 0.15) is 5.82 Å². The highest BCUT2D eigenvalue weighted by molar-refractivity contribution is 8.00. The van der Waals surface area contributed by atoms with Gasteiger partial charge in [-0.2, -0.15) is 0 Å². The molecule has 30 heavy (non-hydrogen) atoms. The summed E-state index contributed by atoms with van der Waals surface area (Å²) in [4.78, 5) is 24.2. The average Bonchev–Trinajstić information content (AvgIpc) is 2.78. The summed E-state index contributed by atoms with van der Waals surface area (Å²) in [5.41, 5.74) is 1.63. The molecule has 2 aromatic carbocycles. The van der Waals surface area contributed by atoms with Crippen molar-refractivity contribution in [1.82, 2.24) is 14.9 Å². The molecule has 1 aliphatic heterocycles. The second-order valence-corrected chi connectivity index (χ2v) is 7.88. The Morgan fingerprint density at radius 3 is 2.67 bits per heavy atom. The Morgan fingerprint density at radius 2 is 1.90 bits per heavy atom. The number of methoxy groups -OCH3 is 1. The first-order valence-corrected chi connectivity index (χ1v) is 10.8. The van der Waals surface area contributed by atoms with E-state index in [1.54, 1.807) is 7.11 Å². The number of carbonyl (C=O) groups excluding carboxylic acids is 1. The molecule has 3 aromatic rings. The van der Waals surface area contributed by atoms with Gasteiger partial charge in [-0.3, -0.25) is 9.69 Å². The smallest absolute Gasteiger partial charge is 0.234 e. The van der Waals surface area contributed by atoms with Gasteiger partial charge in [-0.05, 0) is 30.3 Å². The fourth-order valence-corrected chi connectivity index (χ4v) is 4.08. The highest BCUT2D eigenvalue weighted by Crippen LogP contribution is 2.26. The molecule has 7 nitrogen and oxygen atoms in total. The van der Waals surface area contributed by atoms with Crippen molar-refractivity contribution in [3.05, 3.63) is 54.4 Å². The van der Waals surface area contributed by atoms with Crippen LogP contribution in [-0.4, -0.2) is 59.9 Å². The van der Waals surface area contributed by atoms with E-state index >= 15 is 0 Å². The fourth-order valence-electron chi connectivity index (χ4n) is 3.24. The first-order valence-electron chi connectivity index (χ1n) is 9.84. The molecular formula is C22H24N4O3S. The minimum absolute atomic E-state index is 0.0809. The van der Waals surface area contributed by atoms with E-state index in [4.69, 9.17) is 19.4 Å². The zero-order valence-corrected chi connectivity index (χ0v) is 17.7. The Kier molecular flexibility index (Phi) is 6.78. The van der Waals surface area contributed by atoms with Crippen LogP contribution in [0.15, 0.2) is 53.6 Å². The van der Waals surface area contributed by atoms with E-state index < -0.39 is 0 Å². The molecule has 0 radical (unpaired) electrons. The first-order chi connectivity index (χ1) is 14.7. The number of nitrogens with zero attached hydrogens (tertiary/aromatic N) is 3. The van der Waals surface area contributed by atoms with Crippen molar-refractivity contribution in [2.45, 2.75) is 11.6 Å². The van der Waals surface area contributed by atoms with Gasteiger partial charge in [-0.15, -0.1) is 0 Å². The van der Waals surface area contributed by atoms with Crippen molar-refractivity contribution in [3.8, 4) is 5.75 Å². The molecule has 0 saturated carbocycles. The summed E-state index contributed by atoms with van der Waals surface area (Å²) in [6, 6.07) is 15.2. The number of nitrogens with one attached hydrogen (secondary N) is 1. The van der Waals surface area contributed by atoms with Crippen LogP contribution < -0.4 is 10.1 Å². The number of aromatic nitrogens is 2. The Hall–Kier alpha value is -2.68. The average molecular weight is 425 g/mol. The Morgan fingerprint density at radius 1 is 1.13 bits per heavy atom. The lowest BCUT2D eigenvalue weighted by atomic mass is 10.2. The van der Waals surface area contributed by atoms with E-state index in [0.29, 0.717) is 6.54 Å². The summed E-state index contributed by atoms with van der Waals surface area (Å²) >= 11 is 1.43. The summed E-state index contributed by atoms with van der Waals surface area (Å²) in [6.45, 7) is 3.91. The summed E-state index contributed by atoms with van der Waals surface area (Å²) in [6.07, 6.45) is 0. The van der Waals surface area contributed by atoms with Crippen LogP contribution in [0.25, 0.3) is 10.9 Å². The third kappa shape index (κ3) is 5.27.